The summed E-state index contributed by atoms with van der Waals surface area (Å²) in [5, 5.41) is 3.44. The first-order valence-corrected chi connectivity index (χ1v) is 7.75. The van der Waals surface area contributed by atoms with Crippen LogP contribution in [0.5, 0.6) is 0 Å². The highest BCUT2D eigenvalue weighted by Gasteiger charge is 2.38. The summed E-state index contributed by atoms with van der Waals surface area (Å²) < 4.78 is 10.4. The molecule has 0 aromatic rings. The number of hydrogen-bond donors (Lipinski definition) is 1. The third-order valence-electron chi connectivity index (χ3n) is 3.72. The van der Waals surface area contributed by atoms with Gasteiger partial charge in [-0.25, -0.2) is 0 Å². The molecule has 0 radical (unpaired) electrons. The van der Waals surface area contributed by atoms with E-state index in [1.807, 2.05) is 4.90 Å². The second kappa shape index (κ2) is 9.32. The molecule has 1 fully saturated rings. The molecule has 2 atom stereocenters. The Kier molecular flexibility index (Phi) is 8.11. The molecule has 1 saturated heterocycles. The molecule has 5 heteroatoms. The molecule has 1 amide bonds. The SMILES string of the molecule is CCC1NC(C(C)C)C(=O)N1CCCCOCCOC. The lowest BCUT2D eigenvalue weighted by molar-refractivity contribution is -0.130. The predicted molar refractivity (Wildman–Crippen MR) is 79.5 cm³/mol. The van der Waals surface area contributed by atoms with Crippen LogP contribution in [0.1, 0.15) is 40.0 Å². The first-order chi connectivity index (χ1) is 9.61. The summed E-state index contributed by atoms with van der Waals surface area (Å²) in [6, 6.07) is -0.0158. The van der Waals surface area contributed by atoms with Crippen LogP contribution in [0.2, 0.25) is 0 Å². The molecule has 1 heterocycles. The van der Waals surface area contributed by atoms with Gasteiger partial charge in [0, 0.05) is 20.3 Å². The van der Waals surface area contributed by atoms with E-state index in [0.29, 0.717) is 19.1 Å². The van der Waals surface area contributed by atoms with Gasteiger partial charge in [-0.05, 0) is 25.2 Å². The Bertz CT molecular complexity index is 284. The van der Waals surface area contributed by atoms with Gasteiger partial charge in [0.1, 0.15) is 0 Å². The van der Waals surface area contributed by atoms with Crippen LogP contribution in [0.4, 0.5) is 0 Å². The lowest BCUT2D eigenvalue weighted by Crippen LogP contribution is -2.37. The van der Waals surface area contributed by atoms with Crippen LogP contribution in [0.15, 0.2) is 0 Å². The zero-order valence-corrected chi connectivity index (χ0v) is 13.4. The Morgan fingerprint density at radius 1 is 1.25 bits per heavy atom. The number of ether oxygens (including phenoxy) is 2. The lowest BCUT2D eigenvalue weighted by Gasteiger charge is -2.23. The van der Waals surface area contributed by atoms with Crippen molar-refractivity contribution >= 4 is 5.91 Å². The van der Waals surface area contributed by atoms with E-state index in [9.17, 15) is 4.79 Å². The third kappa shape index (κ3) is 5.04. The number of nitrogens with one attached hydrogen (secondary N) is 1. The highest BCUT2D eigenvalue weighted by molar-refractivity contribution is 5.84. The number of carbonyl (C=O) groups is 1. The summed E-state index contributed by atoms with van der Waals surface area (Å²) >= 11 is 0. The van der Waals surface area contributed by atoms with Gasteiger partial charge in [-0.2, -0.15) is 0 Å². The molecule has 0 saturated carbocycles. The Balaban J connectivity index is 2.25. The minimum absolute atomic E-state index is 0.0158. The van der Waals surface area contributed by atoms with Crippen molar-refractivity contribution in [1.82, 2.24) is 10.2 Å². The fourth-order valence-electron chi connectivity index (χ4n) is 2.51. The van der Waals surface area contributed by atoms with Crippen molar-refractivity contribution in [2.24, 2.45) is 5.92 Å². The summed E-state index contributed by atoms with van der Waals surface area (Å²) in [5.41, 5.74) is 0. The van der Waals surface area contributed by atoms with Crippen LogP contribution in [0, 0.1) is 5.92 Å². The number of amides is 1. The smallest absolute Gasteiger partial charge is 0.241 e. The summed E-state index contributed by atoms with van der Waals surface area (Å²) in [6.07, 6.45) is 3.13. The summed E-state index contributed by atoms with van der Waals surface area (Å²) in [7, 11) is 1.67. The van der Waals surface area contributed by atoms with E-state index in [1.165, 1.54) is 0 Å². The van der Waals surface area contributed by atoms with E-state index in [1.54, 1.807) is 7.11 Å². The van der Waals surface area contributed by atoms with Crippen LogP contribution < -0.4 is 5.32 Å². The number of methoxy groups -OCH3 is 1. The Morgan fingerprint density at radius 3 is 2.60 bits per heavy atom. The van der Waals surface area contributed by atoms with Gasteiger partial charge in [-0.15, -0.1) is 0 Å². The third-order valence-corrected chi connectivity index (χ3v) is 3.72. The highest BCUT2D eigenvalue weighted by Crippen LogP contribution is 2.19. The Labute approximate surface area is 123 Å². The van der Waals surface area contributed by atoms with E-state index in [-0.39, 0.29) is 18.1 Å². The van der Waals surface area contributed by atoms with Crippen molar-refractivity contribution < 1.29 is 14.3 Å². The zero-order valence-electron chi connectivity index (χ0n) is 13.4. The average Bonchev–Trinajstić information content (AvgIpc) is 2.75. The first kappa shape index (κ1) is 17.4. The van der Waals surface area contributed by atoms with Gasteiger partial charge in [-0.3, -0.25) is 10.1 Å². The van der Waals surface area contributed by atoms with Crippen LogP contribution in [-0.4, -0.2) is 56.5 Å². The van der Waals surface area contributed by atoms with Gasteiger partial charge in [0.2, 0.25) is 5.91 Å². The molecule has 1 aliphatic rings. The Hall–Kier alpha value is -0.650. The molecule has 2 unspecified atom stereocenters. The lowest BCUT2D eigenvalue weighted by atomic mass is 10.1. The Morgan fingerprint density at radius 2 is 2.00 bits per heavy atom. The molecule has 0 aromatic heterocycles. The topological polar surface area (TPSA) is 50.8 Å². The molecule has 1 rings (SSSR count). The van der Waals surface area contributed by atoms with Gasteiger partial charge < -0.3 is 14.4 Å². The number of nitrogens with zero attached hydrogens (tertiary/aromatic N) is 1. The van der Waals surface area contributed by atoms with Crippen molar-refractivity contribution in [3.8, 4) is 0 Å². The van der Waals surface area contributed by atoms with Crippen molar-refractivity contribution in [2.45, 2.75) is 52.2 Å². The molecule has 0 aromatic carbocycles. The molecular formula is C15H30N2O3. The molecule has 1 aliphatic heterocycles. The van der Waals surface area contributed by atoms with E-state index in [2.05, 4.69) is 26.1 Å². The number of rotatable bonds is 10. The van der Waals surface area contributed by atoms with E-state index in [0.717, 1.165) is 32.4 Å². The first-order valence-electron chi connectivity index (χ1n) is 7.75. The summed E-state index contributed by atoms with van der Waals surface area (Å²) in [4.78, 5) is 14.3. The number of carbonyl (C=O) groups excluding carboxylic acids is 1. The second-order valence-electron chi connectivity index (χ2n) is 5.66. The van der Waals surface area contributed by atoms with Crippen molar-refractivity contribution in [1.29, 1.82) is 0 Å². The fraction of sp³-hybridized carbons (Fsp3) is 0.933. The molecule has 5 nitrogen and oxygen atoms in total. The molecule has 0 aliphatic carbocycles. The molecule has 20 heavy (non-hydrogen) atoms. The van der Waals surface area contributed by atoms with Crippen LogP contribution in [0.25, 0.3) is 0 Å². The van der Waals surface area contributed by atoms with E-state index in [4.69, 9.17) is 9.47 Å². The van der Waals surface area contributed by atoms with Crippen LogP contribution in [-0.2, 0) is 14.3 Å². The van der Waals surface area contributed by atoms with Crippen LogP contribution in [0.3, 0.4) is 0 Å². The summed E-state index contributed by atoms with van der Waals surface area (Å²) in [5.74, 6) is 0.603. The number of unbranched alkanes of at least 4 members (excludes halogenated alkanes) is 1. The number of hydrogen-bond acceptors (Lipinski definition) is 4. The quantitative estimate of drug-likeness (QED) is 0.620. The normalized spacial score (nSPS) is 23.1. The van der Waals surface area contributed by atoms with Crippen molar-refractivity contribution in [3.63, 3.8) is 0 Å². The van der Waals surface area contributed by atoms with Gasteiger partial charge in [-0.1, -0.05) is 20.8 Å². The molecular weight excluding hydrogens is 256 g/mol. The van der Waals surface area contributed by atoms with Crippen LogP contribution >= 0.6 is 0 Å². The maximum absolute atomic E-state index is 12.3. The van der Waals surface area contributed by atoms with Crippen molar-refractivity contribution in [3.05, 3.63) is 0 Å². The van der Waals surface area contributed by atoms with Gasteiger partial charge in [0.15, 0.2) is 0 Å². The highest BCUT2D eigenvalue weighted by atomic mass is 16.5. The fourth-order valence-corrected chi connectivity index (χ4v) is 2.51. The monoisotopic (exact) mass is 286 g/mol. The summed E-state index contributed by atoms with van der Waals surface area (Å²) in [6.45, 7) is 9.15. The van der Waals surface area contributed by atoms with Crippen molar-refractivity contribution in [2.75, 3.05) is 33.5 Å². The van der Waals surface area contributed by atoms with Gasteiger partial charge in [0.25, 0.3) is 0 Å². The minimum atomic E-state index is -0.0158. The van der Waals surface area contributed by atoms with E-state index < -0.39 is 0 Å². The van der Waals surface area contributed by atoms with Gasteiger partial charge >= 0.3 is 0 Å². The largest absolute Gasteiger partial charge is 0.382 e. The standard InChI is InChI=1S/C15H30N2O3/c1-5-13-16-14(12(2)3)15(18)17(13)8-6-7-9-20-11-10-19-4/h12-14,16H,5-11H2,1-4H3. The molecule has 0 bridgehead atoms. The van der Waals surface area contributed by atoms with E-state index >= 15 is 0 Å². The molecule has 0 spiro atoms. The average molecular weight is 286 g/mol. The minimum Gasteiger partial charge on any atom is -0.382 e. The molecule has 1 N–H and O–H groups in total. The maximum Gasteiger partial charge on any atom is 0.241 e. The molecule has 118 valence electrons. The second-order valence-corrected chi connectivity index (χ2v) is 5.66. The predicted octanol–water partition coefficient (Wildman–Crippen LogP) is 1.62. The zero-order chi connectivity index (χ0) is 15.0. The van der Waals surface area contributed by atoms with Gasteiger partial charge in [0.05, 0.1) is 25.4 Å². The maximum atomic E-state index is 12.3.